The molecule has 1 saturated heterocycles. The molecular weight excluding hydrogens is 618 g/mol. The van der Waals surface area contributed by atoms with Crippen molar-refractivity contribution in [1.82, 2.24) is 14.8 Å². The number of likely N-dealkylation sites (tertiary alicyclic amines) is 1. The summed E-state index contributed by atoms with van der Waals surface area (Å²) in [5.41, 5.74) is 0.998. The van der Waals surface area contributed by atoms with E-state index in [9.17, 15) is 32.7 Å². The number of aliphatic carboxylic acids is 1. The van der Waals surface area contributed by atoms with Gasteiger partial charge in [0.25, 0.3) is 5.56 Å². The fraction of sp³-hybridized carbons (Fsp3) is 0.457. The Balaban J connectivity index is 1.76. The van der Waals surface area contributed by atoms with Gasteiger partial charge in [0, 0.05) is 24.4 Å². The molecule has 0 aliphatic carbocycles. The third-order valence-corrected chi connectivity index (χ3v) is 8.80. The van der Waals surface area contributed by atoms with E-state index >= 15 is 4.39 Å². The molecule has 1 aliphatic heterocycles. The number of alkyl halides is 3. The van der Waals surface area contributed by atoms with E-state index in [0.717, 1.165) is 47.0 Å². The summed E-state index contributed by atoms with van der Waals surface area (Å²) in [5, 5.41) is 12.4. The number of carboxylic acids is 1. The average Bonchev–Trinajstić information content (AvgIpc) is 2.96. The van der Waals surface area contributed by atoms with Gasteiger partial charge in [-0.05, 0) is 105 Å². The number of amides is 1. The Hall–Kier alpha value is -4.19. The highest BCUT2D eigenvalue weighted by Gasteiger charge is 2.36. The van der Waals surface area contributed by atoms with Crippen LogP contribution in [0.5, 0.6) is 5.75 Å². The first-order valence-electron chi connectivity index (χ1n) is 15.7. The Bertz CT molecular complexity index is 1700. The molecule has 4 rings (SSSR count). The van der Waals surface area contributed by atoms with Crippen molar-refractivity contribution in [2.75, 3.05) is 26.7 Å². The summed E-state index contributed by atoms with van der Waals surface area (Å²) in [7, 11) is 1.53. The molecule has 0 radical (unpaired) electrons. The lowest BCUT2D eigenvalue weighted by Crippen LogP contribution is -2.41. The van der Waals surface area contributed by atoms with Crippen LogP contribution in [0.2, 0.25) is 0 Å². The average molecular weight is 660 g/mol. The van der Waals surface area contributed by atoms with Gasteiger partial charge in [0.15, 0.2) is 0 Å². The summed E-state index contributed by atoms with van der Waals surface area (Å²) in [6.45, 7) is 8.95. The number of hydrogen-bond acceptors (Lipinski definition) is 5. The molecular formula is C35H41F4N3O5. The van der Waals surface area contributed by atoms with Crippen molar-refractivity contribution in [3.8, 4) is 16.9 Å². The summed E-state index contributed by atoms with van der Waals surface area (Å²) >= 11 is 0. The number of nitrogens with one attached hydrogen (secondary N) is 1. The highest BCUT2D eigenvalue weighted by atomic mass is 19.4. The number of pyridine rings is 1. The molecule has 12 heteroatoms. The molecule has 2 heterocycles. The summed E-state index contributed by atoms with van der Waals surface area (Å²) in [5.74, 6) is -2.20. The Morgan fingerprint density at radius 3 is 2.36 bits per heavy atom. The molecule has 2 atom stereocenters. The molecule has 0 bridgehead atoms. The molecule has 2 N–H and O–H groups in total. The third kappa shape index (κ3) is 8.04. The first-order chi connectivity index (χ1) is 22.2. The van der Waals surface area contributed by atoms with Gasteiger partial charge in [-0.25, -0.2) is 4.39 Å². The molecule has 1 unspecified atom stereocenters. The Kier molecular flexibility index (Phi) is 11.2. The van der Waals surface area contributed by atoms with Crippen molar-refractivity contribution in [2.45, 2.75) is 78.1 Å². The van der Waals surface area contributed by atoms with Crippen LogP contribution in [0.3, 0.4) is 0 Å². The van der Waals surface area contributed by atoms with Crippen LogP contribution in [0.4, 0.5) is 17.6 Å². The summed E-state index contributed by atoms with van der Waals surface area (Å²) in [6.07, 6.45) is -2.90. The third-order valence-electron chi connectivity index (χ3n) is 8.80. The van der Waals surface area contributed by atoms with Gasteiger partial charge in [-0.15, -0.1) is 0 Å². The van der Waals surface area contributed by atoms with Gasteiger partial charge in [-0.3, -0.25) is 14.4 Å². The van der Waals surface area contributed by atoms with Gasteiger partial charge >= 0.3 is 12.1 Å². The summed E-state index contributed by atoms with van der Waals surface area (Å²) in [6, 6.07) is 4.71. The SMILES string of the molecule is CCCC(C(=O)N[C@@H](CC(=O)O)c1cc(-c2c(C)ccc(OC)c2C)cc(C)c1F)n1cc(CCN2CCC2)c(C(F)(F)F)cc1=O. The molecule has 1 fully saturated rings. The van der Waals surface area contributed by atoms with Crippen molar-refractivity contribution in [2.24, 2.45) is 0 Å². The van der Waals surface area contributed by atoms with Gasteiger partial charge in [0.1, 0.15) is 17.6 Å². The number of rotatable bonds is 13. The second-order valence-corrected chi connectivity index (χ2v) is 12.1. The zero-order chi connectivity index (χ0) is 34.6. The van der Waals surface area contributed by atoms with E-state index in [1.165, 1.54) is 20.1 Å². The topological polar surface area (TPSA) is 101 Å². The van der Waals surface area contributed by atoms with Crippen LogP contribution in [0.1, 0.15) is 78.1 Å². The summed E-state index contributed by atoms with van der Waals surface area (Å²) in [4.78, 5) is 41.0. The minimum Gasteiger partial charge on any atom is -0.496 e. The molecule has 8 nitrogen and oxygen atoms in total. The van der Waals surface area contributed by atoms with Crippen molar-refractivity contribution in [1.29, 1.82) is 0 Å². The van der Waals surface area contributed by atoms with E-state index in [4.69, 9.17) is 4.74 Å². The second kappa shape index (κ2) is 14.7. The first kappa shape index (κ1) is 35.7. The minimum absolute atomic E-state index is 0.0254. The molecule has 254 valence electrons. The number of benzene rings is 2. The Labute approximate surface area is 271 Å². The number of carbonyl (C=O) groups excluding carboxylic acids is 1. The number of halogens is 4. The maximum atomic E-state index is 15.8. The number of hydrogen-bond donors (Lipinski definition) is 2. The number of carbonyl (C=O) groups is 2. The van der Waals surface area contributed by atoms with Gasteiger partial charge < -0.3 is 24.6 Å². The molecule has 47 heavy (non-hydrogen) atoms. The number of carboxylic acid groups (broad SMARTS) is 1. The molecule has 1 aliphatic rings. The van der Waals surface area contributed by atoms with Gasteiger partial charge in [-0.1, -0.05) is 19.4 Å². The maximum Gasteiger partial charge on any atom is 0.416 e. The fourth-order valence-corrected chi connectivity index (χ4v) is 6.22. The van der Waals surface area contributed by atoms with E-state index in [1.807, 2.05) is 30.9 Å². The highest BCUT2D eigenvalue weighted by molar-refractivity contribution is 5.82. The van der Waals surface area contributed by atoms with Crippen molar-refractivity contribution in [3.63, 3.8) is 0 Å². The van der Waals surface area contributed by atoms with E-state index in [2.05, 4.69) is 5.32 Å². The molecule has 0 saturated carbocycles. The van der Waals surface area contributed by atoms with E-state index < -0.39 is 53.5 Å². The van der Waals surface area contributed by atoms with Crippen LogP contribution in [0, 0.1) is 26.6 Å². The van der Waals surface area contributed by atoms with Crippen molar-refractivity contribution >= 4 is 11.9 Å². The van der Waals surface area contributed by atoms with Crippen LogP contribution in [-0.4, -0.2) is 53.2 Å². The van der Waals surface area contributed by atoms with Crippen LogP contribution in [-0.2, 0) is 22.2 Å². The number of methoxy groups -OCH3 is 1. The first-order valence-corrected chi connectivity index (χ1v) is 15.7. The second-order valence-electron chi connectivity index (χ2n) is 12.1. The lowest BCUT2D eigenvalue weighted by molar-refractivity contribution is -0.139. The van der Waals surface area contributed by atoms with Crippen molar-refractivity contribution in [3.05, 3.63) is 86.1 Å². The normalized spacial score (nSPS) is 14.7. The van der Waals surface area contributed by atoms with Gasteiger partial charge in [-0.2, -0.15) is 13.2 Å². The maximum absolute atomic E-state index is 15.8. The van der Waals surface area contributed by atoms with Gasteiger partial charge in [0.05, 0.1) is 25.1 Å². The van der Waals surface area contributed by atoms with Crippen LogP contribution < -0.4 is 15.6 Å². The highest BCUT2D eigenvalue weighted by Crippen LogP contribution is 2.37. The van der Waals surface area contributed by atoms with E-state index in [-0.39, 0.29) is 29.5 Å². The summed E-state index contributed by atoms with van der Waals surface area (Å²) < 4.78 is 64.1. The molecule has 3 aromatic rings. The fourth-order valence-electron chi connectivity index (χ4n) is 6.22. The van der Waals surface area contributed by atoms with E-state index in [1.54, 1.807) is 13.0 Å². The number of nitrogens with zero attached hydrogens (tertiary/aromatic N) is 2. The predicted octanol–water partition coefficient (Wildman–Crippen LogP) is 6.53. The van der Waals surface area contributed by atoms with Gasteiger partial charge in [0.2, 0.25) is 5.91 Å². The largest absolute Gasteiger partial charge is 0.496 e. The minimum atomic E-state index is -4.77. The predicted molar refractivity (Wildman–Crippen MR) is 170 cm³/mol. The zero-order valence-corrected chi connectivity index (χ0v) is 27.3. The van der Waals surface area contributed by atoms with Crippen LogP contribution in [0.15, 0.2) is 41.3 Å². The molecule has 1 amide bonds. The molecule has 1 aromatic heterocycles. The standard InChI is InChI=1S/C35H41F4N3O5/c1-6-8-28(42-19-23(11-14-41-12-7-13-41)26(17-30(42)43)35(37,38)39)34(46)40-27(18-31(44)45)25-16-24(15-21(3)33(25)36)32-20(2)9-10-29(47-5)22(32)4/h9-10,15-17,19,27-28H,6-8,11-14,18H2,1-5H3,(H,40,46)(H,44,45)/t27-,28?/m0/s1. The number of aryl methyl sites for hydroxylation is 2. The van der Waals surface area contributed by atoms with Crippen LogP contribution in [0.25, 0.3) is 11.1 Å². The Morgan fingerprint density at radius 1 is 1.09 bits per heavy atom. The van der Waals surface area contributed by atoms with E-state index in [0.29, 0.717) is 30.3 Å². The lowest BCUT2D eigenvalue weighted by Gasteiger charge is -2.31. The number of ether oxygens (including phenoxy) is 1. The molecule has 2 aromatic carbocycles. The number of aromatic nitrogens is 1. The lowest BCUT2D eigenvalue weighted by atomic mass is 9.90. The van der Waals surface area contributed by atoms with Crippen LogP contribution >= 0.6 is 0 Å². The quantitative estimate of drug-likeness (QED) is 0.203. The zero-order valence-electron chi connectivity index (χ0n) is 27.3. The van der Waals surface area contributed by atoms with Crippen molar-refractivity contribution < 1.29 is 37.0 Å². The Morgan fingerprint density at radius 2 is 1.79 bits per heavy atom. The molecule has 0 spiro atoms. The monoisotopic (exact) mass is 659 g/mol. The smallest absolute Gasteiger partial charge is 0.416 e.